The quantitative estimate of drug-likeness (QED) is 0.802. The fourth-order valence-electron chi connectivity index (χ4n) is 1.55. The highest BCUT2D eigenvalue weighted by atomic mass is 19.1. The Morgan fingerprint density at radius 2 is 1.67 bits per heavy atom. The number of hydrogen-bond donors (Lipinski definition) is 0. The molecule has 2 rings (SSSR count). The highest BCUT2D eigenvalue weighted by Gasteiger charge is 2.04. The fourth-order valence-corrected chi connectivity index (χ4v) is 1.55. The van der Waals surface area contributed by atoms with Crippen LogP contribution in [0.3, 0.4) is 0 Å². The normalized spacial score (nSPS) is 9.89. The van der Waals surface area contributed by atoms with Crippen molar-refractivity contribution in [2.75, 3.05) is 0 Å². The molecule has 0 aliphatic rings. The number of nitriles is 1. The van der Waals surface area contributed by atoms with Gasteiger partial charge in [-0.25, -0.2) is 8.78 Å². The average Bonchev–Trinajstić information content (AvgIpc) is 2.27. The molecule has 0 saturated heterocycles. The van der Waals surface area contributed by atoms with Gasteiger partial charge in [0.25, 0.3) is 0 Å². The third-order valence-corrected chi connectivity index (χ3v) is 2.39. The van der Waals surface area contributed by atoms with Crippen molar-refractivity contribution in [1.29, 1.82) is 5.26 Å². The predicted octanol–water partition coefficient (Wildman–Crippen LogP) is 3.94. The molecule has 2 aromatic rings. The lowest BCUT2D eigenvalue weighted by Gasteiger charge is -2.07. The topological polar surface area (TPSA) is 33.0 Å². The summed E-state index contributed by atoms with van der Waals surface area (Å²) in [5.74, 6) is -0.890. The highest BCUT2D eigenvalue weighted by molar-refractivity contribution is 5.43. The Labute approximate surface area is 103 Å². The molecule has 18 heavy (non-hydrogen) atoms. The third kappa shape index (κ3) is 2.64. The highest BCUT2D eigenvalue weighted by Crippen LogP contribution is 2.25. The van der Waals surface area contributed by atoms with Gasteiger partial charge in [-0.1, -0.05) is 0 Å². The van der Waals surface area contributed by atoms with Crippen LogP contribution in [0.25, 0.3) is 0 Å². The second-order valence-corrected chi connectivity index (χ2v) is 3.80. The van der Waals surface area contributed by atoms with Gasteiger partial charge >= 0.3 is 0 Å². The van der Waals surface area contributed by atoms with Gasteiger partial charge in [-0.05, 0) is 30.7 Å². The maximum absolute atomic E-state index is 13.0. The van der Waals surface area contributed by atoms with Crippen LogP contribution in [0.5, 0.6) is 11.5 Å². The summed E-state index contributed by atoms with van der Waals surface area (Å²) in [6.45, 7) is 1.76. The van der Waals surface area contributed by atoms with E-state index < -0.39 is 11.6 Å². The van der Waals surface area contributed by atoms with E-state index in [1.807, 2.05) is 6.07 Å². The van der Waals surface area contributed by atoms with Crippen molar-refractivity contribution in [2.45, 2.75) is 6.92 Å². The summed E-state index contributed by atoms with van der Waals surface area (Å²) in [4.78, 5) is 0. The van der Waals surface area contributed by atoms with E-state index in [2.05, 4.69) is 0 Å². The van der Waals surface area contributed by atoms with E-state index in [0.717, 1.165) is 23.8 Å². The molecule has 0 atom stereocenters. The van der Waals surface area contributed by atoms with Crippen molar-refractivity contribution < 1.29 is 13.5 Å². The lowest BCUT2D eigenvalue weighted by Crippen LogP contribution is -1.89. The van der Waals surface area contributed by atoms with Crippen LogP contribution in [0.15, 0.2) is 36.4 Å². The molecule has 0 aliphatic carbocycles. The molecule has 0 bridgehead atoms. The van der Waals surface area contributed by atoms with Crippen LogP contribution in [-0.4, -0.2) is 0 Å². The minimum atomic E-state index is -0.699. The molecule has 0 spiro atoms. The maximum Gasteiger partial charge on any atom is 0.133 e. The number of nitrogens with zero attached hydrogens (tertiary/aromatic N) is 1. The van der Waals surface area contributed by atoms with E-state index in [0.29, 0.717) is 11.3 Å². The minimum absolute atomic E-state index is 0.0802. The average molecular weight is 245 g/mol. The van der Waals surface area contributed by atoms with Crippen molar-refractivity contribution in [3.05, 3.63) is 59.2 Å². The molecule has 0 unspecified atom stereocenters. The van der Waals surface area contributed by atoms with Crippen molar-refractivity contribution in [3.8, 4) is 17.6 Å². The third-order valence-electron chi connectivity index (χ3n) is 2.39. The van der Waals surface area contributed by atoms with E-state index >= 15 is 0 Å². The summed E-state index contributed by atoms with van der Waals surface area (Å²) >= 11 is 0. The summed E-state index contributed by atoms with van der Waals surface area (Å²) < 4.78 is 31.3. The molecule has 0 fully saturated rings. The Hall–Kier alpha value is -2.41. The minimum Gasteiger partial charge on any atom is -0.457 e. The molecule has 2 aromatic carbocycles. The molecule has 0 heterocycles. The molecule has 90 valence electrons. The van der Waals surface area contributed by atoms with Gasteiger partial charge in [0.2, 0.25) is 0 Å². The van der Waals surface area contributed by atoms with Gasteiger partial charge in [0.1, 0.15) is 23.1 Å². The van der Waals surface area contributed by atoms with Gasteiger partial charge in [-0.3, -0.25) is 0 Å². The van der Waals surface area contributed by atoms with Crippen molar-refractivity contribution >= 4 is 0 Å². The zero-order valence-electron chi connectivity index (χ0n) is 9.58. The van der Waals surface area contributed by atoms with Gasteiger partial charge in [0, 0.05) is 18.2 Å². The monoisotopic (exact) mass is 245 g/mol. The fraction of sp³-hybridized carbons (Fsp3) is 0.0714. The summed E-state index contributed by atoms with van der Waals surface area (Å²) in [6, 6.07) is 9.81. The van der Waals surface area contributed by atoms with Crippen LogP contribution in [0.1, 0.15) is 11.1 Å². The molecule has 0 radical (unpaired) electrons. The van der Waals surface area contributed by atoms with E-state index in [4.69, 9.17) is 10.00 Å². The second kappa shape index (κ2) is 4.84. The Balaban J connectivity index is 2.29. The molecule has 0 saturated carbocycles. The SMILES string of the molecule is Cc1cc(Oc2cc(F)cc(F)c2)ccc1C#N. The second-order valence-electron chi connectivity index (χ2n) is 3.80. The number of hydrogen-bond acceptors (Lipinski definition) is 2. The van der Waals surface area contributed by atoms with Crippen LogP contribution >= 0.6 is 0 Å². The van der Waals surface area contributed by atoms with E-state index in [-0.39, 0.29) is 5.75 Å². The van der Waals surface area contributed by atoms with Gasteiger partial charge < -0.3 is 4.74 Å². The molecule has 0 aliphatic heterocycles. The zero-order chi connectivity index (χ0) is 13.1. The molecular weight excluding hydrogens is 236 g/mol. The Morgan fingerprint density at radius 1 is 1.00 bits per heavy atom. The van der Waals surface area contributed by atoms with Gasteiger partial charge in [-0.2, -0.15) is 5.26 Å². The summed E-state index contributed by atoms with van der Waals surface area (Å²) in [6.07, 6.45) is 0. The molecule has 4 heteroatoms. The standard InChI is InChI=1S/C14H9F2NO/c1-9-4-13(3-2-10(9)8-17)18-14-6-11(15)5-12(16)7-14/h2-7H,1H3. The van der Waals surface area contributed by atoms with Crippen LogP contribution < -0.4 is 4.74 Å². The van der Waals surface area contributed by atoms with E-state index in [1.54, 1.807) is 25.1 Å². The number of halogens is 2. The van der Waals surface area contributed by atoms with Gasteiger partial charge in [0.05, 0.1) is 11.6 Å². The Morgan fingerprint density at radius 3 is 2.22 bits per heavy atom. The molecule has 0 amide bonds. The zero-order valence-corrected chi connectivity index (χ0v) is 9.58. The Bertz CT molecular complexity index is 612. The summed E-state index contributed by atoms with van der Waals surface area (Å²) in [5.41, 5.74) is 1.28. The van der Waals surface area contributed by atoms with Gasteiger partial charge in [0.15, 0.2) is 0 Å². The van der Waals surface area contributed by atoms with Crippen LogP contribution in [0.4, 0.5) is 8.78 Å². The van der Waals surface area contributed by atoms with Crippen molar-refractivity contribution in [2.24, 2.45) is 0 Å². The van der Waals surface area contributed by atoms with Crippen LogP contribution in [0, 0.1) is 29.9 Å². The number of benzene rings is 2. The summed E-state index contributed by atoms with van der Waals surface area (Å²) in [7, 11) is 0. The summed E-state index contributed by atoms with van der Waals surface area (Å²) in [5, 5.41) is 8.78. The first-order chi connectivity index (χ1) is 8.58. The first-order valence-corrected chi connectivity index (χ1v) is 5.23. The maximum atomic E-state index is 13.0. The Kier molecular flexibility index (Phi) is 3.24. The first-order valence-electron chi connectivity index (χ1n) is 5.23. The smallest absolute Gasteiger partial charge is 0.133 e. The largest absolute Gasteiger partial charge is 0.457 e. The van der Waals surface area contributed by atoms with Crippen LogP contribution in [-0.2, 0) is 0 Å². The van der Waals surface area contributed by atoms with Crippen LogP contribution in [0.2, 0.25) is 0 Å². The van der Waals surface area contributed by atoms with E-state index in [9.17, 15) is 8.78 Å². The molecule has 2 nitrogen and oxygen atoms in total. The molecule has 0 N–H and O–H groups in total. The number of rotatable bonds is 2. The lowest BCUT2D eigenvalue weighted by molar-refractivity contribution is 0.468. The lowest BCUT2D eigenvalue weighted by atomic mass is 10.1. The first kappa shape index (κ1) is 12.1. The molecule has 0 aromatic heterocycles. The number of ether oxygens (including phenoxy) is 1. The number of aryl methyl sites for hydroxylation is 1. The van der Waals surface area contributed by atoms with E-state index in [1.165, 1.54) is 0 Å². The van der Waals surface area contributed by atoms with Crippen molar-refractivity contribution in [3.63, 3.8) is 0 Å². The molecular formula is C14H9F2NO. The van der Waals surface area contributed by atoms with Gasteiger partial charge in [-0.15, -0.1) is 0 Å². The van der Waals surface area contributed by atoms with Crippen molar-refractivity contribution in [1.82, 2.24) is 0 Å². The predicted molar refractivity (Wildman–Crippen MR) is 62.3 cm³/mol.